The van der Waals surface area contributed by atoms with E-state index in [1.54, 1.807) is 19.1 Å². The number of ether oxygens (including phenoxy) is 2. The van der Waals surface area contributed by atoms with Crippen LogP contribution in [0.15, 0.2) is 30.4 Å². The van der Waals surface area contributed by atoms with E-state index in [2.05, 4.69) is 6.08 Å². The Kier molecular flexibility index (Phi) is 8.26. The second-order valence-electron chi connectivity index (χ2n) is 11.5. The standard InChI is InChI=1S/C30H38FN3O6/c1-2-39-28(37)30-14-20(30)10-6-4-3-5-7-12-24(32)27(36)34-17-21(13-25(34)26(35)15-30)40-29(38)33-16-19-9-8-11-23(31)22(19)18-33/h6,8-11,20-21,24-25H,2-5,7,12-18,32H2,1H3/b10-6-/t20-,21+,24-,25-,30+/m0/s1. The second-order valence-corrected chi connectivity index (χ2v) is 11.5. The third kappa shape index (κ3) is 5.64. The van der Waals surface area contributed by atoms with Gasteiger partial charge in [-0.1, -0.05) is 37.1 Å². The van der Waals surface area contributed by atoms with Crippen molar-refractivity contribution in [2.45, 2.75) is 89.6 Å². The van der Waals surface area contributed by atoms with Crippen molar-refractivity contribution >= 4 is 23.8 Å². The second kappa shape index (κ2) is 11.7. The van der Waals surface area contributed by atoms with E-state index in [1.165, 1.54) is 15.9 Å². The van der Waals surface area contributed by atoms with Crippen LogP contribution in [0.3, 0.4) is 0 Å². The highest BCUT2D eigenvalue weighted by atomic mass is 19.1. The van der Waals surface area contributed by atoms with Crippen LogP contribution in [-0.4, -0.2) is 64.9 Å². The number of allylic oxidation sites excluding steroid dienone is 2. The largest absolute Gasteiger partial charge is 0.466 e. The maximum atomic E-state index is 14.2. The zero-order valence-corrected chi connectivity index (χ0v) is 23.0. The zero-order valence-electron chi connectivity index (χ0n) is 23.0. The number of fused-ring (bicyclic) bond motifs is 3. The fourth-order valence-electron chi connectivity index (χ4n) is 6.36. The summed E-state index contributed by atoms with van der Waals surface area (Å²) >= 11 is 0. The van der Waals surface area contributed by atoms with Crippen molar-refractivity contribution in [2.24, 2.45) is 17.1 Å². The predicted octanol–water partition coefficient (Wildman–Crippen LogP) is 3.62. The van der Waals surface area contributed by atoms with Crippen LogP contribution in [0.1, 0.15) is 69.4 Å². The molecule has 216 valence electrons. The van der Waals surface area contributed by atoms with E-state index in [0.29, 0.717) is 18.4 Å². The molecule has 1 aliphatic carbocycles. The number of nitrogens with two attached hydrogens (primary N) is 1. The van der Waals surface area contributed by atoms with Crippen LogP contribution in [0.5, 0.6) is 0 Å². The van der Waals surface area contributed by atoms with E-state index in [-0.39, 0.29) is 62.5 Å². The van der Waals surface area contributed by atoms with Gasteiger partial charge in [0.05, 0.1) is 37.2 Å². The highest BCUT2D eigenvalue weighted by molar-refractivity contribution is 5.95. The normalized spacial score (nSPS) is 31.4. The van der Waals surface area contributed by atoms with Crippen LogP contribution in [0.2, 0.25) is 0 Å². The minimum Gasteiger partial charge on any atom is -0.466 e. The average Bonchev–Trinajstić information content (AvgIpc) is 3.24. The van der Waals surface area contributed by atoms with Crippen LogP contribution in [-0.2, 0) is 36.9 Å². The SMILES string of the molecule is CCOC(=O)[C@]12CC(=O)[C@@H]3C[C@@H](OC(=O)N4Cc5cccc(F)c5C4)CN3C(=O)[C@@H](N)CCCCC/C=C\[C@H]1C2. The highest BCUT2D eigenvalue weighted by Gasteiger charge is 2.61. The number of ketones is 1. The van der Waals surface area contributed by atoms with Crippen molar-refractivity contribution in [1.82, 2.24) is 9.80 Å². The van der Waals surface area contributed by atoms with E-state index in [1.807, 2.05) is 6.08 Å². The molecule has 40 heavy (non-hydrogen) atoms. The average molecular weight is 556 g/mol. The van der Waals surface area contributed by atoms with Crippen LogP contribution < -0.4 is 5.73 Å². The summed E-state index contributed by atoms with van der Waals surface area (Å²) in [4.78, 5) is 56.1. The highest BCUT2D eigenvalue weighted by Crippen LogP contribution is 2.57. The minimum atomic E-state index is -0.930. The number of hydrogen-bond acceptors (Lipinski definition) is 7. The molecule has 0 bridgehead atoms. The van der Waals surface area contributed by atoms with Gasteiger partial charge >= 0.3 is 12.1 Å². The summed E-state index contributed by atoms with van der Waals surface area (Å²) < 4.78 is 25.3. The first-order valence-electron chi connectivity index (χ1n) is 14.4. The number of nitrogens with zero attached hydrogens (tertiary/aromatic N) is 2. The molecule has 2 amide bonds. The lowest BCUT2D eigenvalue weighted by molar-refractivity contribution is -0.152. The molecule has 0 unspecified atom stereocenters. The van der Waals surface area contributed by atoms with Crippen LogP contribution in [0.4, 0.5) is 9.18 Å². The number of hydrogen-bond donors (Lipinski definition) is 1. The Morgan fingerprint density at radius 3 is 2.77 bits per heavy atom. The van der Waals surface area contributed by atoms with E-state index in [4.69, 9.17) is 15.2 Å². The molecule has 4 aliphatic rings. The summed E-state index contributed by atoms with van der Waals surface area (Å²) in [7, 11) is 0. The Morgan fingerprint density at radius 1 is 1.18 bits per heavy atom. The molecule has 1 saturated heterocycles. The minimum absolute atomic E-state index is 0.0412. The van der Waals surface area contributed by atoms with Gasteiger partial charge in [-0.15, -0.1) is 0 Å². The Morgan fingerprint density at radius 2 is 2.00 bits per heavy atom. The fraction of sp³-hybridized carbons (Fsp3) is 0.600. The summed E-state index contributed by atoms with van der Waals surface area (Å²) in [5.41, 5.74) is 6.54. The van der Waals surface area contributed by atoms with Crippen LogP contribution >= 0.6 is 0 Å². The molecule has 10 heteroatoms. The molecule has 9 nitrogen and oxygen atoms in total. The predicted molar refractivity (Wildman–Crippen MR) is 143 cm³/mol. The first-order valence-corrected chi connectivity index (χ1v) is 14.4. The Hall–Kier alpha value is -3.27. The van der Waals surface area contributed by atoms with E-state index >= 15 is 0 Å². The van der Waals surface area contributed by atoms with Gasteiger partial charge in [-0.25, -0.2) is 9.18 Å². The molecule has 5 rings (SSSR count). The third-order valence-corrected chi connectivity index (χ3v) is 8.75. The maximum Gasteiger partial charge on any atom is 0.410 e. The lowest BCUT2D eigenvalue weighted by atomic mass is 9.91. The van der Waals surface area contributed by atoms with Gasteiger partial charge in [-0.3, -0.25) is 19.3 Å². The van der Waals surface area contributed by atoms with Gasteiger partial charge in [0, 0.05) is 24.9 Å². The third-order valence-electron chi connectivity index (χ3n) is 8.75. The molecule has 0 radical (unpaired) electrons. The molecule has 0 spiro atoms. The molecule has 1 saturated carbocycles. The zero-order chi connectivity index (χ0) is 28.4. The molecule has 3 aliphatic heterocycles. The fourth-order valence-corrected chi connectivity index (χ4v) is 6.36. The molecule has 1 aromatic rings. The summed E-state index contributed by atoms with van der Waals surface area (Å²) in [6.45, 7) is 2.32. The Labute approximate surface area is 233 Å². The topological polar surface area (TPSA) is 119 Å². The van der Waals surface area contributed by atoms with Crippen molar-refractivity contribution in [1.29, 1.82) is 0 Å². The number of rotatable bonds is 3. The van der Waals surface area contributed by atoms with Gasteiger partial charge in [-0.05, 0) is 50.2 Å². The first kappa shape index (κ1) is 28.3. The molecule has 5 atom stereocenters. The number of esters is 1. The van der Waals surface area contributed by atoms with Gasteiger partial charge in [0.25, 0.3) is 0 Å². The van der Waals surface area contributed by atoms with Crippen molar-refractivity contribution in [3.05, 3.63) is 47.3 Å². The monoisotopic (exact) mass is 555 g/mol. The van der Waals surface area contributed by atoms with Gasteiger partial charge in [0.15, 0.2) is 5.78 Å². The molecule has 1 aromatic carbocycles. The molecular weight excluding hydrogens is 517 g/mol. The summed E-state index contributed by atoms with van der Waals surface area (Å²) in [5.74, 6) is -1.45. The number of benzene rings is 1. The van der Waals surface area contributed by atoms with Gasteiger partial charge in [0.1, 0.15) is 11.9 Å². The number of amides is 2. The molecule has 0 aromatic heterocycles. The summed E-state index contributed by atoms with van der Waals surface area (Å²) in [6, 6.07) is 3.12. The number of halogens is 1. The number of carbonyl (C=O) groups is 4. The lowest BCUT2D eigenvalue weighted by Crippen LogP contribution is -2.49. The molecule has 3 heterocycles. The number of carbonyl (C=O) groups excluding carboxylic acids is 4. The molecule has 2 fully saturated rings. The summed E-state index contributed by atoms with van der Waals surface area (Å²) in [5, 5.41) is 0. The molecular formula is C30H38FN3O6. The smallest absolute Gasteiger partial charge is 0.410 e. The van der Waals surface area contributed by atoms with Crippen LogP contribution in [0, 0.1) is 17.2 Å². The number of Topliss-reactive ketones (excluding diaryl/α,β-unsaturated/α-hetero) is 1. The van der Waals surface area contributed by atoms with Gasteiger partial charge in [0.2, 0.25) is 5.91 Å². The van der Waals surface area contributed by atoms with E-state index < -0.39 is 35.7 Å². The lowest BCUT2D eigenvalue weighted by Gasteiger charge is -2.27. The van der Waals surface area contributed by atoms with Gasteiger partial charge in [-0.2, -0.15) is 0 Å². The van der Waals surface area contributed by atoms with Crippen molar-refractivity contribution in [3.63, 3.8) is 0 Å². The molecule has 2 N–H and O–H groups in total. The van der Waals surface area contributed by atoms with Gasteiger partial charge < -0.3 is 20.1 Å². The maximum absolute atomic E-state index is 14.2. The van der Waals surface area contributed by atoms with E-state index in [9.17, 15) is 23.6 Å². The first-order chi connectivity index (χ1) is 19.2. The van der Waals surface area contributed by atoms with Crippen molar-refractivity contribution < 1.29 is 33.0 Å². The quantitative estimate of drug-likeness (QED) is 0.447. The Balaban J connectivity index is 1.33. The van der Waals surface area contributed by atoms with Crippen molar-refractivity contribution in [3.8, 4) is 0 Å². The Bertz CT molecular complexity index is 1200. The summed E-state index contributed by atoms with van der Waals surface area (Å²) in [6.07, 6.45) is 7.36. The van der Waals surface area contributed by atoms with E-state index in [0.717, 1.165) is 31.2 Å². The van der Waals surface area contributed by atoms with Crippen molar-refractivity contribution in [2.75, 3.05) is 13.2 Å². The van der Waals surface area contributed by atoms with Crippen LogP contribution in [0.25, 0.3) is 0 Å².